The standard InChI is InChI=1S/C19H15FN4O3.Y/c20-14-8-6-12(7-9-14)17-22-10-15(19(27)24(17)11-16(21)25)23-18(26)13-4-2-1-3-5-13;/h1-10H,11H2,(H3,21,23,25,26);/q;+3/p-1. The predicted molar refractivity (Wildman–Crippen MR) is 97.6 cm³/mol. The van der Waals surface area contributed by atoms with Crippen LogP contribution in [-0.2, 0) is 44.0 Å². The summed E-state index contributed by atoms with van der Waals surface area (Å²) in [5, 5.41) is 2.46. The largest absolute Gasteiger partial charge is 3.00 e. The van der Waals surface area contributed by atoms with Crippen molar-refractivity contribution in [3.8, 4) is 11.4 Å². The zero-order chi connectivity index (χ0) is 19.4. The first-order chi connectivity index (χ1) is 13.0. The molecule has 28 heavy (non-hydrogen) atoms. The molecule has 0 fully saturated rings. The van der Waals surface area contributed by atoms with E-state index in [0.29, 0.717) is 11.1 Å². The second-order valence-electron chi connectivity index (χ2n) is 5.64. The van der Waals surface area contributed by atoms with Crippen LogP contribution in [0.5, 0.6) is 0 Å². The van der Waals surface area contributed by atoms with Crippen LogP contribution in [-0.4, -0.2) is 21.4 Å². The Labute approximate surface area is 184 Å². The summed E-state index contributed by atoms with van der Waals surface area (Å²) in [7, 11) is 0. The van der Waals surface area contributed by atoms with Gasteiger partial charge < -0.3 is 15.8 Å². The summed E-state index contributed by atoms with van der Waals surface area (Å²) in [5.74, 6) is -1.88. The Balaban J connectivity index is 0.00000280. The number of anilines is 1. The number of halogens is 1. The van der Waals surface area contributed by atoms with E-state index in [1.54, 1.807) is 30.3 Å². The molecule has 0 saturated carbocycles. The average molecular weight is 454 g/mol. The summed E-state index contributed by atoms with van der Waals surface area (Å²) >= 11 is 0. The molecule has 0 saturated heterocycles. The van der Waals surface area contributed by atoms with Crippen LogP contribution in [0.2, 0.25) is 0 Å². The van der Waals surface area contributed by atoms with Crippen molar-refractivity contribution >= 4 is 17.5 Å². The second-order valence-corrected chi connectivity index (χ2v) is 5.64. The van der Waals surface area contributed by atoms with E-state index in [0.717, 1.165) is 4.57 Å². The van der Waals surface area contributed by atoms with Crippen molar-refractivity contribution < 1.29 is 46.7 Å². The molecule has 3 aromatic rings. The van der Waals surface area contributed by atoms with Crippen LogP contribution in [0.25, 0.3) is 17.1 Å². The van der Waals surface area contributed by atoms with Crippen molar-refractivity contribution in [2.75, 3.05) is 5.32 Å². The topological polar surface area (TPSA) is 105 Å². The number of nitrogens with one attached hydrogen (secondary N) is 2. The number of benzene rings is 2. The summed E-state index contributed by atoms with van der Waals surface area (Å²) in [6.45, 7) is -0.548. The molecule has 2 aromatic carbocycles. The molecule has 0 radical (unpaired) electrons. The molecule has 0 unspecified atom stereocenters. The van der Waals surface area contributed by atoms with Crippen LogP contribution in [0, 0.1) is 5.82 Å². The van der Waals surface area contributed by atoms with Gasteiger partial charge in [0.1, 0.15) is 17.3 Å². The van der Waals surface area contributed by atoms with Gasteiger partial charge in [0.15, 0.2) is 0 Å². The minimum Gasteiger partial charge on any atom is -0.666 e. The van der Waals surface area contributed by atoms with Crippen molar-refractivity contribution in [3.63, 3.8) is 0 Å². The number of carbonyl (C=O) groups is 2. The summed E-state index contributed by atoms with van der Waals surface area (Å²) < 4.78 is 14.1. The van der Waals surface area contributed by atoms with E-state index >= 15 is 0 Å². The fourth-order valence-corrected chi connectivity index (χ4v) is 2.48. The molecule has 136 valence electrons. The SMILES string of the molecule is [NH-]C(=O)Cn1c(-c2ccc(F)cc2)ncc(NC(=O)c2ccccc2)c1=O.[Y+3]. The van der Waals surface area contributed by atoms with E-state index in [4.69, 9.17) is 5.73 Å². The van der Waals surface area contributed by atoms with Gasteiger partial charge in [0.2, 0.25) is 0 Å². The van der Waals surface area contributed by atoms with E-state index in [2.05, 4.69) is 10.3 Å². The Morgan fingerprint density at radius 3 is 2.32 bits per heavy atom. The van der Waals surface area contributed by atoms with Gasteiger partial charge in [-0.05, 0) is 36.4 Å². The molecule has 3 rings (SSSR count). The minimum absolute atomic E-state index is 0. The Hall–Kier alpha value is -2.71. The molecule has 7 nitrogen and oxygen atoms in total. The van der Waals surface area contributed by atoms with Gasteiger partial charge >= 0.3 is 32.7 Å². The molecule has 0 aliphatic rings. The fraction of sp³-hybridized carbons (Fsp3) is 0.0526. The fourth-order valence-electron chi connectivity index (χ4n) is 2.48. The molecule has 1 heterocycles. The number of hydrogen-bond acceptors (Lipinski definition) is 4. The summed E-state index contributed by atoms with van der Waals surface area (Å²) in [6.07, 6.45) is 1.17. The Bertz CT molecular complexity index is 1050. The zero-order valence-electron chi connectivity index (χ0n) is 14.6. The number of rotatable bonds is 5. The third-order valence-electron chi connectivity index (χ3n) is 3.74. The normalized spacial score (nSPS) is 10.0. The molecule has 2 amide bonds. The zero-order valence-corrected chi connectivity index (χ0v) is 17.4. The van der Waals surface area contributed by atoms with Crippen LogP contribution >= 0.6 is 0 Å². The Morgan fingerprint density at radius 2 is 1.71 bits per heavy atom. The van der Waals surface area contributed by atoms with Crippen LogP contribution < -0.4 is 10.9 Å². The van der Waals surface area contributed by atoms with Crippen LogP contribution in [0.15, 0.2) is 65.6 Å². The van der Waals surface area contributed by atoms with E-state index < -0.39 is 29.7 Å². The number of hydrogen-bond donors (Lipinski definition) is 1. The van der Waals surface area contributed by atoms with Crippen molar-refractivity contribution in [2.24, 2.45) is 0 Å². The van der Waals surface area contributed by atoms with Gasteiger partial charge in [-0.3, -0.25) is 14.2 Å². The average Bonchev–Trinajstić information content (AvgIpc) is 2.66. The quantitative estimate of drug-likeness (QED) is 0.640. The van der Waals surface area contributed by atoms with Gasteiger partial charge in [0, 0.05) is 11.1 Å². The molecule has 0 spiro atoms. The number of amides is 2. The summed E-state index contributed by atoms with van der Waals surface area (Å²) in [6, 6.07) is 13.5. The monoisotopic (exact) mass is 454 g/mol. The smallest absolute Gasteiger partial charge is 0.666 e. The first-order valence-corrected chi connectivity index (χ1v) is 7.92. The predicted octanol–water partition coefficient (Wildman–Crippen LogP) is 2.88. The molecule has 0 aliphatic carbocycles. The molecule has 0 atom stereocenters. The van der Waals surface area contributed by atoms with E-state index in [9.17, 15) is 18.8 Å². The van der Waals surface area contributed by atoms with E-state index in [1.165, 1.54) is 30.5 Å². The molecule has 0 bridgehead atoms. The summed E-state index contributed by atoms with van der Waals surface area (Å²) in [4.78, 5) is 40.4. The first-order valence-electron chi connectivity index (χ1n) is 7.92. The van der Waals surface area contributed by atoms with Gasteiger partial charge in [0.05, 0.1) is 18.6 Å². The second kappa shape index (κ2) is 9.48. The van der Waals surface area contributed by atoms with Crippen LogP contribution in [0.4, 0.5) is 10.1 Å². The molecule has 9 heteroatoms. The molecule has 0 aliphatic heterocycles. The van der Waals surface area contributed by atoms with Crippen LogP contribution in [0.1, 0.15) is 10.4 Å². The number of nitrogens with zero attached hydrogens (tertiary/aromatic N) is 2. The third kappa shape index (κ3) is 4.96. The van der Waals surface area contributed by atoms with Gasteiger partial charge in [-0.25, -0.2) is 9.37 Å². The molecular weight excluding hydrogens is 440 g/mol. The van der Waals surface area contributed by atoms with Crippen molar-refractivity contribution in [1.29, 1.82) is 0 Å². The summed E-state index contributed by atoms with van der Waals surface area (Å²) in [5.41, 5.74) is 7.11. The maximum absolute atomic E-state index is 13.1. The molecule has 1 aromatic heterocycles. The Kier molecular flexibility index (Phi) is 7.31. The van der Waals surface area contributed by atoms with E-state index in [-0.39, 0.29) is 44.2 Å². The molecular formula is C19H14FN4O3Y+2. The van der Waals surface area contributed by atoms with Gasteiger partial charge in [-0.2, -0.15) is 0 Å². The number of aromatic nitrogens is 2. The van der Waals surface area contributed by atoms with Crippen molar-refractivity contribution in [1.82, 2.24) is 9.55 Å². The van der Waals surface area contributed by atoms with Gasteiger partial charge in [0.25, 0.3) is 11.5 Å². The maximum Gasteiger partial charge on any atom is 3.00 e. The van der Waals surface area contributed by atoms with Gasteiger partial charge in [-0.15, -0.1) is 0 Å². The minimum atomic E-state index is -1.01. The van der Waals surface area contributed by atoms with Crippen molar-refractivity contribution in [3.05, 3.63) is 88.3 Å². The third-order valence-corrected chi connectivity index (χ3v) is 3.74. The number of carbonyl (C=O) groups excluding carboxylic acids is 2. The first kappa shape index (κ1) is 21.6. The Morgan fingerprint density at radius 1 is 1.07 bits per heavy atom. The van der Waals surface area contributed by atoms with Gasteiger partial charge in [-0.1, -0.05) is 18.2 Å². The van der Waals surface area contributed by atoms with Crippen LogP contribution in [0.3, 0.4) is 0 Å². The molecule has 2 N–H and O–H groups in total. The van der Waals surface area contributed by atoms with Crippen molar-refractivity contribution in [2.45, 2.75) is 6.54 Å². The van der Waals surface area contributed by atoms with E-state index in [1.807, 2.05) is 0 Å². The maximum atomic E-state index is 13.1.